The first-order valence-corrected chi connectivity index (χ1v) is 8.22. The van der Waals surface area contributed by atoms with Gasteiger partial charge in [-0.2, -0.15) is 13.2 Å². The monoisotopic (exact) mass is 343 g/mol. The van der Waals surface area contributed by atoms with Gasteiger partial charge in [-0.25, -0.2) is 4.79 Å². The van der Waals surface area contributed by atoms with Crippen molar-refractivity contribution in [1.82, 2.24) is 10.2 Å². The van der Waals surface area contributed by atoms with Crippen LogP contribution < -0.4 is 10.6 Å². The molecule has 1 aliphatic heterocycles. The van der Waals surface area contributed by atoms with Crippen LogP contribution >= 0.6 is 0 Å². The predicted octanol–water partition coefficient (Wildman–Crippen LogP) is 3.95. The Kier molecular flexibility index (Phi) is 6.10. The van der Waals surface area contributed by atoms with Crippen LogP contribution in [0.15, 0.2) is 24.3 Å². The van der Waals surface area contributed by atoms with Crippen molar-refractivity contribution in [3.8, 4) is 0 Å². The molecule has 1 atom stereocenters. The summed E-state index contributed by atoms with van der Waals surface area (Å²) in [5.74, 6) is 0.754. The number of carbonyl (C=O) groups is 1. The standard InChI is InChI=1S/C17H24F3N3O/c1-12-7-9-23(10-8-12)13(2)11-21-16(24)22-15-5-3-14(4-6-15)17(18,19)20/h3-6,12-13H,7-11H2,1-2H3,(H2,21,22,24). The molecule has 2 N–H and O–H groups in total. The first kappa shape index (κ1) is 18.6. The van der Waals surface area contributed by atoms with Crippen LogP contribution in [0.3, 0.4) is 0 Å². The first-order valence-electron chi connectivity index (χ1n) is 8.22. The zero-order valence-corrected chi connectivity index (χ0v) is 14.0. The summed E-state index contributed by atoms with van der Waals surface area (Å²) >= 11 is 0. The maximum atomic E-state index is 12.5. The second kappa shape index (κ2) is 7.88. The minimum absolute atomic E-state index is 0.232. The summed E-state index contributed by atoms with van der Waals surface area (Å²) < 4.78 is 37.5. The van der Waals surface area contributed by atoms with E-state index in [0.29, 0.717) is 12.2 Å². The van der Waals surface area contributed by atoms with Gasteiger partial charge in [0.1, 0.15) is 0 Å². The van der Waals surface area contributed by atoms with Crippen molar-refractivity contribution in [2.45, 2.75) is 38.9 Å². The van der Waals surface area contributed by atoms with Gasteiger partial charge >= 0.3 is 12.2 Å². The summed E-state index contributed by atoms with van der Waals surface area (Å²) in [5, 5.41) is 5.32. The van der Waals surface area contributed by atoms with Crippen LogP contribution in [0, 0.1) is 5.92 Å². The van der Waals surface area contributed by atoms with E-state index in [1.807, 2.05) is 0 Å². The number of halogens is 3. The third kappa shape index (κ3) is 5.40. The Morgan fingerprint density at radius 2 is 1.83 bits per heavy atom. The molecule has 2 amide bonds. The van der Waals surface area contributed by atoms with Crippen LogP contribution in [0.4, 0.5) is 23.7 Å². The van der Waals surface area contributed by atoms with E-state index < -0.39 is 17.8 Å². The van der Waals surface area contributed by atoms with Gasteiger partial charge in [0.2, 0.25) is 0 Å². The summed E-state index contributed by atoms with van der Waals surface area (Å²) in [4.78, 5) is 14.2. The average Bonchev–Trinajstić information content (AvgIpc) is 2.53. The van der Waals surface area contributed by atoms with Gasteiger partial charge in [0, 0.05) is 18.3 Å². The fraction of sp³-hybridized carbons (Fsp3) is 0.588. The zero-order valence-electron chi connectivity index (χ0n) is 14.0. The Labute approximate surface area is 140 Å². The largest absolute Gasteiger partial charge is 0.416 e. The number of carbonyl (C=O) groups excluding carboxylic acids is 1. The third-order valence-corrected chi connectivity index (χ3v) is 4.47. The van der Waals surface area contributed by atoms with Gasteiger partial charge in [0.05, 0.1) is 5.56 Å². The lowest BCUT2D eigenvalue weighted by Gasteiger charge is -2.34. The molecule has 2 rings (SSSR count). The lowest BCUT2D eigenvalue weighted by atomic mass is 9.98. The zero-order chi connectivity index (χ0) is 17.7. The van der Waals surface area contributed by atoms with E-state index in [9.17, 15) is 18.0 Å². The molecule has 0 aliphatic carbocycles. The molecule has 1 saturated heterocycles. The molecule has 0 spiro atoms. The second-order valence-corrected chi connectivity index (χ2v) is 6.48. The topological polar surface area (TPSA) is 44.4 Å². The number of nitrogens with zero attached hydrogens (tertiary/aromatic N) is 1. The summed E-state index contributed by atoms with van der Waals surface area (Å²) in [6, 6.07) is 4.22. The molecule has 1 aliphatic rings. The Morgan fingerprint density at radius 3 is 2.38 bits per heavy atom. The number of hydrogen-bond acceptors (Lipinski definition) is 2. The Bertz CT molecular complexity index is 537. The molecular weight excluding hydrogens is 319 g/mol. The van der Waals surface area contributed by atoms with E-state index in [1.165, 1.54) is 25.0 Å². The number of piperidine rings is 1. The van der Waals surface area contributed by atoms with Gasteiger partial charge in [-0.1, -0.05) is 6.92 Å². The summed E-state index contributed by atoms with van der Waals surface area (Å²) in [6.07, 6.45) is -2.04. The molecular formula is C17H24F3N3O. The van der Waals surface area contributed by atoms with Crippen LogP contribution in [-0.2, 0) is 6.18 Å². The van der Waals surface area contributed by atoms with Crippen molar-refractivity contribution < 1.29 is 18.0 Å². The molecule has 1 aromatic carbocycles. The van der Waals surface area contributed by atoms with Crippen molar-refractivity contribution in [1.29, 1.82) is 0 Å². The highest BCUT2D eigenvalue weighted by Crippen LogP contribution is 2.29. The second-order valence-electron chi connectivity index (χ2n) is 6.48. The van der Waals surface area contributed by atoms with E-state index in [2.05, 4.69) is 29.4 Å². The quantitative estimate of drug-likeness (QED) is 0.869. The SMILES string of the molecule is CC1CCN(C(C)CNC(=O)Nc2ccc(C(F)(F)F)cc2)CC1. The van der Waals surface area contributed by atoms with Crippen molar-refractivity contribution in [2.75, 3.05) is 25.0 Å². The average molecular weight is 343 g/mol. The molecule has 1 fully saturated rings. The maximum absolute atomic E-state index is 12.5. The number of likely N-dealkylation sites (tertiary alicyclic amines) is 1. The molecule has 0 aromatic heterocycles. The normalized spacial score (nSPS) is 18.2. The van der Waals surface area contributed by atoms with Gasteiger partial charge in [0.25, 0.3) is 0 Å². The van der Waals surface area contributed by atoms with Crippen LogP contribution in [0.2, 0.25) is 0 Å². The van der Waals surface area contributed by atoms with Crippen LogP contribution in [0.5, 0.6) is 0 Å². The number of urea groups is 1. The van der Waals surface area contributed by atoms with Crippen LogP contribution in [0.25, 0.3) is 0 Å². The van der Waals surface area contributed by atoms with Crippen molar-refractivity contribution in [3.05, 3.63) is 29.8 Å². The van der Waals surface area contributed by atoms with Gasteiger partial charge in [-0.15, -0.1) is 0 Å². The lowest BCUT2D eigenvalue weighted by Crippen LogP contribution is -2.46. The highest BCUT2D eigenvalue weighted by molar-refractivity contribution is 5.89. The molecule has 1 heterocycles. The lowest BCUT2D eigenvalue weighted by molar-refractivity contribution is -0.137. The number of rotatable bonds is 4. The highest BCUT2D eigenvalue weighted by atomic mass is 19.4. The Morgan fingerprint density at radius 1 is 1.25 bits per heavy atom. The fourth-order valence-electron chi connectivity index (χ4n) is 2.76. The van der Waals surface area contributed by atoms with Gasteiger partial charge in [-0.05, 0) is 63.0 Å². The smallest absolute Gasteiger partial charge is 0.336 e. The van der Waals surface area contributed by atoms with Gasteiger partial charge < -0.3 is 10.6 Å². The molecule has 24 heavy (non-hydrogen) atoms. The van der Waals surface area contributed by atoms with Gasteiger partial charge in [-0.3, -0.25) is 4.90 Å². The number of benzene rings is 1. The molecule has 134 valence electrons. The highest BCUT2D eigenvalue weighted by Gasteiger charge is 2.30. The molecule has 1 aromatic rings. The molecule has 0 bridgehead atoms. The van der Waals surface area contributed by atoms with Crippen molar-refractivity contribution >= 4 is 11.7 Å². The minimum Gasteiger partial charge on any atom is -0.336 e. The summed E-state index contributed by atoms with van der Waals surface area (Å²) in [7, 11) is 0. The van der Waals surface area contributed by atoms with Gasteiger partial charge in [0.15, 0.2) is 0 Å². The number of hydrogen-bond donors (Lipinski definition) is 2. The Hall–Kier alpha value is -1.76. The van der Waals surface area contributed by atoms with Crippen LogP contribution in [0.1, 0.15) is 32.3 Å². The fourth-order valence-corrected chi connectivity index (χ4v) is 2.76. The number of anilines is 1. The van der Waals surface area contributed by atoms with E-state index in [4.69, 9.17) is 0 Å². The molecule has 1 unspecified atom stereocenters. The maximum Gasteiger partial charge on any atom is 0.416 e. The van der Waals surface area contributed by atoms with E-state index in [1.54, 1.807) is 0 Å². The van der Waals surface area contributed by atoms with E-state index in [-0.39, 0.29) is 6.04 Å². The number of amides is 2. The number of nitrogens with one attached hydrogen (secondary N) is 2. The van der Waals surface area contributed by atoms with E-state index in [0.717, 1.165) is 31.1 Å². The summed E-state index contributed by atoms with van der Waals surface area (Å²) in [6.45, 7) is 6.88. The molecule has 4 nitrogen and oxygen atoms in total. The van der Waals surface area contributed by atoms with Crippen LogP contribution in [-0.4, -0.2) is 36.6 Å². The van der Waals surface area contributed by atoms with Crippen molar-refractivity contribution in [2.24, 2.45) is 5.92 Å². The first-order chi connectivity index (χ1) is 11.3. The summed E-state index contributed by atoms with van der Waals surface area (Å²) in [5.41, 5.74) is -0.402. The predicted molar refractivity (Wildman–Crippen MR) is 87.9 cm³/mol. The molecule has 0 radical (unpaired) electrons. The van der Waals surface area contributed by atoms with Crippen molar-refractivity contribution in [3.63, 3.8) is 0 Å². The minimum atomic E-state index is -4.37. The third-order valence-electron chi connectivity index (χ3n) is 4.47. The molecule has 7 heteroatoms. The molecule has 0 saturated carbocycles. The van der Waals surface area contributed by atoms with E-state index >= 15 is 0 Å². The Balaban J connectivity index is 1.77. The number of alkyl halides is 3.